The maximum Gasteiger partial charge on any atom is 0.177 e. The molecule has 0 spiro atoms. The number of hydrogen-bond donors (Lipinski definition) is 0. The lowest BCUT2D eigenvalue weighted by atomic mass is 10.2. The molecule has 0 amide bonds. The third-order valence-corrected chi connectivity index (χ3v) is 4.52. The monoisotopic (exact) mass is 384 g/mol. The minimum Gasteiger partial charge on any atom is -0.350 e. The Hall–Kier alpha value is -2.18. The van der Waals surface area contributed by atoms with Crippen molar-refractivity contribution in [2.75, 3.05) is 18.1 Å². The Bertz CT molecular complexity index is 821. The van der Waals surface area contributed by atoms with Crippen LogP contribution in [0.3, 0.4) is 0 Å². The van der Waals surface area contributed by atoms with Gasteiger partial charge in [-0.2, -0.15) is 0 Å². The van der Waals surface area contributed by atoms with E-state index in [9.17, 15) is 0 Å². The zero-order valence-electron chi connectivity index (χ0n) is 13.0. The fourth-order valence-electron chi connectivity index (χ4n) is 2.93. The van der Waals surface area contributed by atoms with E-state index >= 15 is 0 Å². The van der Waals surface area contributed by atoms with Gasteiger partial charge in [0.05, 0.1) is 19.3 Å². The van der Waals surface area contributed by atoms with Crippen LogP contribution < -0.4 is 4.90 Å². The minimum absolute atomic E-state index is 0.177. The van der Waals surface area contributed by atoms with Crippen LogP contribution >= 0.6 is 15.9 Å². The fourth-order valence-corrected chi connectivity index (χ4v) is 3.37. The van der Waals surface area contributed by atoms with Crippen molar-refractivity contribution in [1.82, 2.24) is 15.0 Å². The quantitative estimate of drug-likeness (QED) is 0.688. The molecular formula is C18H17BrN4O. The summed E-state index contributed by atoms with van der Waals surface area (Å²) in [4.78, 5) is 2.22. The molecule has 1 fully saturated rings. The molecule has 0 bridgehead atoms. The standard InChI is InChI=1S/C18H17BrN4O/c19-15-6-4-5-14(11-15)12-22-13-17(20-21-22)18-23(9-10-24-18)16-7-2-1-3-8-16/h1-8,11,13,18H,9-10,12H2/t18-/m0/s1. The van der Waals surface area contributed by atoms with Gasteiger partial charge in [0.1, 0.15) is 5.69 Å². The summed E-state index contributed by atoms with van der Waals surface area (Å²) in [6.07, 6.45) is 1.79. The summed E-state index contributed by atoms with van der Waals surface area (Å²) >= 11 is 3.50. The maximum absolute atomic E-state index is 5.89. The highest BCUT2D eigenvalue weighted by molar-refractivity contribution is 9.10. The van der Waals surface area contributed by atoms with Gasteiger partial charge in [-0.25, -0.2) is 4.68 Å². The van der Waals surface area contributed by atoms with Crippen molar-refractivity contribution in [3.63, 3.8) is 0 Å². The zero-order valence-corrected chi connectivity index (χ0v) is 14.6. The molecule has 5 nitrogen and oxygen atoms in total. The molecule has 6 heteroatoms. The van der Waals surface area contributed by atoms with E-state index in [-0.39, 0.29) is 6.23 Å². The summed E-state index contributed by atoms with van der Waals surface area (Å²) in [5.74, 6) is 0. The van der Waals surface area contributed by atoms with Crippen LogP contribution in [0.5, 0.6) is 0 Å². The van der Waals surface area contributed by atoms with Gasteiger partial charge in [0.25, 0.3) is 0 Å². The summed E-state index contributed by atoms with van der Waals surface area (Å²) in [5, 5.41) is 8.59. The molecule has 4 rings (SSSR count). The Labute approximate surface area is 149 Å². The molecule has 1 aromatic heterocycles. The van der Waals surface area contributed by atoms with E-state index < -0.39 is 0 Å². The maximum atomic E-state index is 5.89. The van der Waals surface area contributed by atoms with E-state index in [2.05, 4.69) is 55.4 Å². The number of aromatic nitrogens is 3. The van der Waals surface area contributed by atoms with Crippen molar-refractivity contribution in [2.24, 2.45) is 0 Å². The number of para-hydroxylation sites is 1. The van der Waals surface area contributed by atoms with Crippen molar-refractivity contribution in [1.29, 1.82) is 0 Å². The van der Waals surface area contributed by atoms with Crippen LogP contribution in [0.4, 0.5) is 5.69 Å². The Morgan fingerprint density at radius 1 is 1.12 bits per heavy atom. The molecule has 2 heterocycles. The van der Waals surface area contributed by atoms with Crippen LogP contribution in [0.15, 0.2) is 65.3 Å². The van der Waals surface area contributed by atoms with Crippen LogP contribution in [0.2, 0.25) is 0 Å². The first kappa shape index (κ1) is 15.4. The zero-order chi connectivity index (χ0) is 16.4. The molecular weight excluding hydrogens is 368 g/mol. The van der Waals surface area contributed by atoms with Crippen molar-refractivity contribution < 1.29 is 4.74 Å². The number of halogens is 1. The molecule has 0 aliphatic carbocycles. The molecule has 24 heavy (non-hydrogen) atoms. The highest BCUT2D eigenvalue weighted by Gasteiger charge is 2.29. The van der Waals surface area contributed by atoms with E-state index in [0.29, 0.717) is 13.2 Å². The van der Waals surface area contributed by atoms with Gasteiger partial charge in [0, 0.05) is 16.7 Å². The first-order chi connectivity index (χ1) is 11.8. The van der Waals surface area contributed by atoms with Gasteiger partial charge in [0.2, 0.25) is 0 Å². The van der Waals surface area contributed by atoms with Crippen molar-refractivity contribution in [3.8, 4) is 0 Å². The number of rotatable bonds is 4. The number of anilines is 1. The average molecular weight is 385 g/mol. The SMILES string of the molecule is Brc1cccc(Cn2cc([C@@H]3OCCN3c3ccccc3)nn2)c1. The molecule has 0 saturated carbocycles. The molecule has 2 aromatic carbocycles. The molecule has 122 valence electrons. The Morgan fingerprint density at radius 2 is 2.00 bits per heavy atom. The van der Waals surface area contributed by atoms with Gasteiger partial charge in [-0.3, -0.25) is 0 Å². The second-order valence-electron chi connectivity index (χ2n) is 5.72. The smallest absolute Gasteiger partial charge is 0.177 e. The molecule has 1 aliphatic rings. The molecule has 3 aromatic rings. The Balaban J connectivity index is 1.54. The average Bonchev–Trinajstić information content (AvgIpc) is 3.24. The minimum atomic E-state index is -0.177. The highest BCUT2D eigenvalue weighted by atomic mass is 79.9. The number of nitrogens with zero attached hydrogens (tertiary/aromatic N) is 4. The van der Waals surface area contributed by atoms with Crippen LogP contribution in [0, 0.1) is 0 Å². The molecule has 0 radical (unpaired) electrons. The Morgan fingerprint density at radius 3 is 2.83 bits per heavy atom. The molecule has 1 aliphatic heterocycles. The van der Waals surface area contributed by atoms with Crippen LogP contribution in [0.1, 0.15) is 17.5 Å². The third-order valence-electron chi connectivity index (χ3n) is 4.02. The summed E-state index contributed by atoms with van der Waals surface area (Å²) < 4.78 is 8.81. The van der Waals surface area contributed by atoms with E-state index in [4.69, 9.17) is 4.74 Å². The molecule has 0 unspecified atom stereocenters. The summed E-state index contributed by atoms with van der Waals surface area (Å²) in [7, 11) is 0. The van der Waals surface area contributed by atoms with Gasteiger partial charge in [0.15, 0.2) is 6.23 Å². The molecule has 1 saturated heterocycles. The van der Waals surface area contributed by atoms with Crippen LogP contribution in [-0.4, -0.2) is 28.1 Å². The second-order valence-corrected chi connectivity index (χ2v) is 6.64. The second kappa shape index (κ2) is 6.75. The summed E-state index contributed by atoms with van der Waals surface area (Å²) in [6, 6.07) is 18.5. The van der Waals surface area contributed by atoms with Gasteiger partial charge in [-0.15, -0.1) is 5.10 Å². The molecule has 0 N–H and O–H groups in total. The lowest BCUT2D eigenvalue weighted by Crippen LogP contribution is -2.23. The van der Waals surface area contributed by atoms with Gasteiger partial charge >= 0.3 is 0 Å². The van der Waals surface area contributed by atoms with E-state index in [1.54, 1.807) is 0 Å². The van der Waals surface area contributed by atoms with E-state index in [0.717, 1.165) is 22.4 Å². The predicted octanol–water partition coefficient (Wildman–Crippen LogP) is 3.62. The van der Waals surface area contributed by atoms with Crippen molar-refractivity contribution in [2.45, 2.75) is 12.8 Å². The normalized spacial score (nSPS) is 17.4. The molecule has 1 atom stereocenters. The lowest BCUT2D eigenvalue weighted by molar-refractivity contribution is 0.110. The van der Waals surface area contributed by atoms with E-state index in [1.165, 1.54) is 5.56 Å². The number of ether oxygens (including phenoxy) is 1. The van der Waals surface area contributed by atoms with Gasteiger partial charge in [-0.1, -0.05) is 51.5 Å². The van der Waals surface area contributed by atoms with Crippen molar-refractivity contribution >= 4 is 21.6 Å². The third kappa shape index (κ3) is 3.20. The van der Waals surface area contributed by atoms with E-state index in [1.807, 2.05) is 41.2 Å². The summed E-state index contributed by atoms with van der Waals surface area (Å²) in [5.41, 5.74) is 3.15. The van der Waals surface area contributed by atoms with Crippen LogP contribution in [0.25, 0.3) is 0 Å². The Kier molecular flexibility index (Phi) is 4.32. The van der Waals surface area contributed by atoms with Crippen LogP contribution in [-0.2, 0) is 11.3 Å². The van der Waals surface area contributed by atoms with Gasteiger partial charge < -0.3 is 9.64 Å². The first-order valence-electron chi connectivity index (χ1n) is 7.87. The summed E-state index contributed by atoms with van der Waals surface area (Å²) in [6.45, 7) is 2.23. The van der Waals surface area contributed by atoms with Crippen molar-refractivity contribution in [3.05, 3.63) is 76.5 Å². The largest absolute Gasteiger partial charge is 0.350 e. The lowest BCUT2D eigenvalue weighted by Gasteiger charge is -2.23. The topological polar surface area (TPSA) is 43.2 Å². The van der Waals surface area contributed by atoms with Gasteiger partial charge in [-0.05, 0) is 29.8 Å². The highest BCUT2D eigenvalue weighted by Crippen LogP contribution is 2.30. The number of hydrogen-bond acceptors (Lipinski definition) is 4. The first-order valence-corrected chi connectivity index (χ1v) is 8.67. The predicted molar refractivity (Wildman–Crippen MR) is 95.7 cm³/mol. The number of benzene rings is 2. The fraction of sp³-hybridized carbons (Fsp3) is 0.222.